The van der Waals surface area contributed by atoms with Crippen LogP contribution in [-0.4, -0.2) is 42.5 Å². The highest BCUT2D eigenvalue weighted by Gasteiger charge is 2.17. The number of carbonyl (C=O) groups is 1. The number of aliphatic hydroxyl groups is 1. The molecule has 5 heteroatoms. The Balaban J connectivity index is 2.80. The van der Waals surface area contributed by atoms with Gasteiger partial charge in [0.2, 0.25) is 0 Å². The van der Waals surface area contributed by atoms with Gasteiger partial charge < -0.3 is 5.11 Å². The van der Waals surface area contributed by atoms with E-state index in [1.165, 1.54) is 11.0 Å². The molecule has 0 unspecified atom stereocenters. The zero-order valence-electron chi connectivity index (χ0n) is 8.91. The first-order valence-electron chi connectivity index (χ1n) is 4.83. The number of hydrogen-bond donors (Lipinski definition) is 1. The van der Waals surface area contributed by atoms with Gasteiger partial charge in [0, 0.05) is 6.54 Å². The van der Waals surface area contributed by atoms with Crippen LogP contribution in [0.25, 0.3) is 0 Å². The van der Waals surface area contributed by atoms with E-state index in [4.69, 9.17) is 5.11 Å². The maximum Gasteiger partial charge on any atom is 0.182 e. The fraction of sp³-hybridized carbons (Fsp3) is 0.364. The number of halogens is 2. The number of Topliss-reactive ketones (excluding diaryl/α,β-unsaturated/α-hetero) is 1. The number of nitrogens with zero attached hydrogens (tertiary/aromatic N) is 1. The molecule has 0 saturated heterocycles. The monoisotopic (exact) mass is 229 g/mol. The quantitative estimate of drug-likeness (QED) is 0.768. The molecule has 0 radical (unpaired) electrons. The highest BCUT2D eigenvalue weighted by Crippen LogP contribution is 2.12. The molecule has 1 rings (SSSR count). The molecule has 0 aliphatic heterocycles. The Morgan fingerprint density at radius 2 is 1.94 bits per heavy atom. The molecule has 0 atom stereocenters. The average molecular weight is 229 g/mol. The van der Waals surface area contributed by atoms with Crippen molar-refractivity contribution in [2.24, 2.45) is 0 Å². The normalized spacial score (nSPS) is 10.8. The number of hydrogen-bond acceptors (Lipinski definition) is 3. The number of ketones is 1. The van der Waals surface area contributed by atoms with Crippen LogP contribution in [0.4, 0.5) is 8.78 Å². The van der Waals surface area contributed by atoms with Gasteiger partial charge >= 0.3 is 0 Å². The lowest BCUT2D eigenvalue weighted by molar-refractivity contribution is 0.0927. The Labute approximate surface area is 92.3 Å². The highest BCUT2D eigenvalue weighted by atomic mass is 19.1. The van der Waals surface area contributed by atoms with Crippen LogP contribution in [0.2, 0.25) is 0 Å². The van der Waals surface area contributed by atoms with E-state index in [0.717, 1.165) is 12.1 Å². The summed E-state index contributed by atoms with van der Waals surface area (Å²) < 4.78 is 26.4. The summed E-state index contributed by atoms with van der Waals surface area (Å²) in [5.41, 5.74) is -0.521. The zero-order chi connectivity index (χ0) is 12.1. The topological polar surface area (TPSA) is 40.5 Å². The van der Waals surface area contributed by atoms with E-state index in [1.54, 1.807) is 7.05 Å². The van der Waals surface area contributed by atoms with Crippen molar-refractivity contribution in [2.75, 3.05) is 26.7 Å². The SMILES string of the molecule is CN(CCO)CC(=O)c1c(F)cccc1F. The molecule has 0 fully saturated rings. The van der Waals surface area contributed by atoms with Gasteiger partial charge in [0.1, 0.15) is 11.6 Å². The number of likely N-dealkylation sites (N-methyl/N-ethyl adjacent to an activating group) is 1. The van der Waals surface area contributed by atoms with Crippen LogP contribution in [0.3, 0.4) is 0 Å². The second-order valence-corrected chi connectivity index (χ2v) is 3.48. The summed E-state index contributed by atoms with van der Waals surface area (Å²) in [5.74, 6) is -2.35. The van der Waals surface area contributed by atoms with Gasteiger partial charge in [-0.3, -0.25) is 9.69 Å². The Bertz CT molecular complexity index is 362. The van der Waals surface area contributed by atoms with Crippen molar-refractivity contribution in [1.82, 2.24) is 4.90 Å². The Hall–Kier alpha value is -1.33. The van der Waals surface area contributed by atoms with Gasteiger partial charge in [0.25, 0.3) is 0 Å². The number of rotatable bonds is 5. The summed E-state index contributed by atoms with van der Waals surface area (Å²) in [7, 11) is 1.59. The Morgan fingerprint density at radius 3 is 2.44 bits per heavy atom. The van der Waals surface area contributed by atoms with Crippen molar-refractivity contribution in [3.63, 3.8) is 0 Å². The third-order valence-electron chi connectivity index (χ3n) is 2.14. The maximum absolute atomic E-state index is 13.2. The Morgan fingerprint density at radius 1 is 1.38 bits per heavy atom. The van der Waals surface area contributed by atoms with Gasteiger partial charge in [-0.2, -0.15) is 0 Å². The van der Waals surface area contributed by atoms with Crippen molar-refractivity contribution >= 4 is 5.78 Å². The lowest BCUT2D eigenvalue weighted by Gasteiger charge is -2.14. The molecule has 16 heavy (non-hydrogen) atoms. The summed E-state index contributed by atoms with van der Waals surface area (Å²) in [4.78, 5) is 13.1. The van der Waals surface area contributed by atoms with Gasteiger partial charge in [-0.25, -0.2) is 8.78 Å². The minimum absolute atomic E-state index is 0.108. The van der Waals surface area contributed by atoms with Gasteiger partial charge in [0.15, 0.2) is 5.78 Å². The molecule has 0 spiro atoms. The summed E-state index contributed by atoms with van der Waals surface area (Å²) in [6.07, 6.45) is 0. The van der Waals surface area contributed by atoms with Gasteiger partial charge in [0.05, 0.1) is 18.7 Å². The largest absolute Gasteiger partial charge is 0.395 e. The van der Waals surface area contributed by atoms with E-state index in [-0.39, 0.29) is 19.7 Å². The summed E-state index contributed by atoms with van der Waals surface area (Å²) in [6.45, 7) is 0.0454. The molecule has 1 aromatic rings. The van der Waals surface area contributed by atoms with E-state index in [0.29, 0.717) is 0 Å². The second kappa shape index (κ2) is 5.67. The fourth-order valence-corrected chi connectivity index (χ4v) is 1.34. The van der Waals surface area contributed by atoms with E-state index in [1.807, 2.05) is 0 Å². The van der Waals surface area contributed by atoms with Crippen molar-refractivity contribution in [2.45, 2.75) is 0 Å². The van der Waals surface area contributed by atoms with Crippen LogP contribution in [0.15, 0.2) is 18.2 Å². The van der Waals surface area contributed by atoms with Gasteiger partial charge in [-0.1, -0.05) is 6.07 Å². The van der Waals surface area contributed by atoms with E-state index >= 15 is 0 Å². The average Bonchev–Trinajstić information content (AvgIpc) is 2.17. The molecule has 0 aliphatic rings. The summed E-state index contributed by atoms with van der Waals surface area (Å²) in [6, 6.07) is 3.30. The predicted molar refractivity (Wildman–Crippen MR) is 55.3 cm³/mol. The lowest BCUT2D eigenvalue weighted by atomic mass is 10.1. The molecule has 88 valence electrons. The van der Waals surface area contributed by atoms with Crippen LogP contribution >= 0.6 is 0 Å². The molecule has 0 aromatic heterocycles. The van der Waals surface area contributed by atoms with Crippen molar-refractivity contribution in [1.29, 1.82) is 0 Å². The molecular formula is C11H13F2NO2. The number of benzene rings is 1. The number of aliphatic hydroxyl groups excluding tert-OH is 1. The smallest absolute Gasteiger partial charge is 0.182 e. The van der Waals surface area contributed by atoms with Crippen molar-refractivity contribution in [3.05, 3.63) is 35.4 Å². The molecule has 0 heterocycles. The molecule has 0 aliphatic carbocycles. The maximum atomic E-state index is 13.2. The molecule has 1 N–H and O–H groups in total. The van der Waals surface area contributed by atoms with Crippen LogP contribution in [0, 0.1) is 11.6 Å². The molecular weight excluding hydrogens is 216 g/mol. The van der Waals surface area contributed by atoms with Crippen LogP contribution < -0.4 is 0 Å². The molecule has 0 amide bonds. The third kappa shape index (κ3) is 3.08. The first-order valence-corrected chi connectivity index (χ1v) is 4.83. The standard InChI is InChI=1S/C11H13F2NO2/c1-14(5-6-15)7-10(16)11-8(12)3-2-4-9(11)13/h2-4,15H,5-7H2,1H3. The lowest BCUT2D eigenvalue weighted by Crippen LogP contribution is -2.29. The van der Waals surface area contributed by atoms with Crippen LogP contribution in [0.1, 0.15) is 10.4 Å². The fourth-order valence-electron chi connectivity index (χ4n) is 1.34. The van der Waals surface area contributed by atoms with Crippen molar-refractivity contribution in [3.8, 4) is 0 Å². The van der Waals surface area contributed by atoms with Gasteiger partial charge in [-0.05, 0) is 19.2 Å². The summed E-state index contributed by atoms with van der Waals surface area (Å²) in [5, 5.41) is 8.63. The predicted octanol–water partition coefficient (Wildman–Crippen LogP) is 1.07. The number of carbonyl (C=O) groups excluding carboxylic acids is 1. The van der Waals surface area contributed by atoms with E-state index < -0.39 is 23.0 Å². The summed E-state index contributed by atoms with van der Waals surface area (Å²) >= 11 is 0. The second-order valence-electron chi connectivity index (χ2n) is 3.48. The van der Waals surface area contributed by atoms with Crippen LogP contribution in [-0.2, 0) is 0 Å². The zero-order valence-corrected chi connectivity index (χ0v) is 8.91. The third-order valence-corrected chi connectivity index (χ3v) is 2.14. The first kappa shape index (κ1) is 12.7. The molecule has 1 aromatic carbocycles. The minimum Gasteiger partial charge on any atom is -0.395 e. The minimum atomic E-state index is -0.859. The van der Waals surface area contributed by atoms with E-state index in [9.17, 15) is 13.6 Å². The Kier molecular flexibility index (Phi) is 4.52. The highest BCUT2D eigenvalue weighted by molar-refractivity contribution is 5.98. The van der Waals surface area contributed by atoms with Gasteiger partial charge in [-0.15, -0.1) is 0 Å². The van der Waals surface area contributed by atoms with E-state index in [2.05, 4.69) is 0 Å². The molecule has 0 saturated carbocycles. The molecule has 3 nitrogen and oxygen atoms in total. The first-order chi connectivity index (χ1) is 7.56. The van der Waals surface area contributed by atoms with Crippen LogP contribution in [0.5, 0.6) is 0 Å². The molecule has 0 bridgehead atoms. The van der Waals surface area contributed by atoms with Crippen molar-refractivity contribution < 1.29 is 18.7 Å².